The third kappa shape index (κ3) is 4.20. The lowest BCUT2D eigenvalue weighted by atomic mass is 9.82. The van der Waals surface area contributed by atoms with E-state index in [1.165, 1.54) is 4.90 Å². The summed E-state index contributed by atoms with van der Waals surface area (Å²) in [4.78, 5) is 13.6. The summed E-state index contributed by atoms with van der Waals surface area (Å²) in [6, 6.07) is -0.435. The van der Waals surface area contributed by atoms with Gasteiger partial charge in [-0.3, -0.25) is 4.68 Å². The van der Waals surface area contributed by atoms with Gasteiger partial charge in [-0.2, -0.15) is 5.10 Å². The van der Waals surface area contributed by atoms with E-state index in [0.717, 1.165) is 5.46 Å². The number of piperidine rings is 1. The van der Waals surface area contributed by atoms with Gasteiger partial charge in [0.25, 0.3) is 0 Å². The van der Waals surface area contributed by atoms with Crippen molar-refractivity contribution in [3.05, 3.63) is 12.4 Å². The fraction of sp³-hybridized carbons (Fsp3) is 0.789. The zero-order valence-corrected chi connectivity index (χ0v) is 17.9. The Bertz CT molecular complexity index is 715. The second kappa shape index (κ2) is 7.02. The van der Waals surface area contributed by atoms with Crippen molar-refractivity contribution in [2.75, 3.05) is 13.1 Å². The molecule has 2 saturated heterocycles. The Kier molecular flexibility index (Phi) is 5.29. The molecule has 0 bridgehead atoms. The number of carbonyl (C=O) groups is 1. The zero-order chi connectivity index (χ0) is 20.9. The molecule has 156 valence electrons. The first-order chi connectivity index (χ1) is 12.8. The molecule has 0 N–H and O–H groups in total. The van der Waals surface area contributed by atoms with Gasteiger partial charge in [0, 0.05) is 24.4 Å². The molecule has 1 aromatic rings. The van der Waals surface area contributed by atoms with Crippen LogP contribution in [-0.4, -0.2) is 64.0 Å². The maximum atomic E-state index is 14.8. The van der Waals surface area contributed by atoms with Crippen molar-refractivity contribution < 1.29 is 23.2 Å². The maximum Gasteiger partial charge on any atom is 0.498 e. The summed E-state index contributed by atoms with van der Waals surface area (Å²) in [5, 5.41) is 4.34. The van der Waals surface area contributed by atoms with E-state index in [-0.39, 0.29) is 6.54 Å². The maximum absolute atomic E-state index is 14.8. The fourth-order valence-electron chi connectivity index (χ4n) is 3.32. The lowest BCUT2D eigenvalue weighted by Gasteiger charge is -2.35. The van der Waals surface area contributed by atoms with E-state index in [1.807, 2.05) is 27.7 Å². The molecule has 1 amide bonds. The largest absolute Gasteiger partial charge is 0.498 e. The molecule has 2 aliphatic rings. The van der Waals surface area contributed by atoms with Crippen LogP contribution >= 0.6 is 0 Å². The highest BCUT2D eigenvalue weighted by atomic mass is 19.1. The average molecular weight is 395 g/mol. The van der Waals surface area contributed by atoms with Gasteiger partial charge in [-0.25, -0.2) is 9.18 Å². The van der Waals surface area contributed by atoms with Gasteiger partial charge in [0.2, 0.25) is 0 Å². The minimum atomic E-state index is -1.23. The number of likely N-dealkylation sites (tertiary alicyclic amines) is 1. The number of amides is 1. The van der Waals surface area contributed by atoms with E-state index >= 15 is 0 Å². The fourth-order valence-corrected chi connectivity index (χ4v) is 3.32. The van der Waals surface area contributed by atoms with Crippen LogP contribution in [0.2, 0.25) is 0 Å². The Morgan fingerprint density at radius 1 is 1.29 bits per heavy atom. The highest BCUT2D eigenvalue weighted by Gasteiger charge is 2.52. The van der Waals surface area contributed by atoms with Crippen LogP contribution in [0.1, 0.15) is 60.9 Å². The zero-order valence-electron chi connectivity index (χ0n) is 17.9. The number of ether oxygens (including phenoxy) is 1. The Morgan fingerprint density at radius 2 is 1.89 bits per heavy atom. The summed E-state index contributed by atoms with van der Waals surface area (Å²) in [7, 11) is -0.529. The molecule has 0 aliphatic carbocycles. The Hall–Kier alpha value is -1.61. The molecule has 3 heterocycles. The van der Waals surface area contributed by atoms with Crippen molar-refractivity contribution in [3.8, 4) is 0 Å². The topological polar surface area (TPSA) is 65.8 Å². The number of halogens is 1. The van der Waals surface area contributed by atoms with E-state index in [1.54, 1.807) is 37.8 Å². The van der Waals surface area contributed by atoms with Crippen molar-refractivity contribution in [2.45, 2.75) is 83.9 Å². The second-order valence-corrected chi connectivity index (χ2v) is 9.64. The SMILES string of the molecule is CC(C)(C)OC(=O)N1CC[C@H](n2cc(B3OC(C)(C)C(C)(C)O3)cn2)[C@@H](F)C1. The Labute approximate surface area is 166 Å². The lowest BCUT2D eigenvalue weighted by molar-refractivity contribution is 0.00576. The van der Waals surface area contributed by atoms with Gasteiger partial charge in [0.1, 0.15) is 11.8 Å². The van der Waals surface area contributed by atoms with Gasteiger partial charge in [-0.15, -0.1) is 0 Å². The number of rotatable bonds is 2. The van der Waals surface area contributed by atoms with Gasteiger partial charge >= 0.3 is 13.2 Å². The molecule has 0 unspecified atom stereocenters. The summed E-state index contributed by atoms with van der Waals surface area (Å²) in [6.45, 7) is 13.8. The molecule has 7 nitrogen and oxygen atoms in total. The molecule has 2 atom stereocenters. The van der Waals surface area contributed by atoms with Gasteiger partial charge in [-0.05, 0) is 54.9 Å². The van der Waals surface area contributed by atoms with Crippen LogP contribution in [0.4, 0.5) is 9.18 Å². The molecule has 2 aliphatic heterocycles. The number of aromatic nitrogens is 2. The highest BCUT2D eigenvalue weighted by Crippen LogP contribution is 2.36. The summed E-state index contributed by atoms with van der Waals surface area (Å²) in [5.41, 5.74) is -0.720. The van der Waals surface area contributed by atoms with Crippen molar-refractivity contribution in [3.63, 3.8) is 0 Å². The molecule has 0 aromatic carbocycles. The standard InChI is InChI=1S/C19H31BFN3O4/c1-17(2,3)26-16(25)23-9-8-15(14(21)12-23)24-11-13(10-22-24)20-27-18(4,5)19(6,7)28-20/h10-11,14-15H,8-9,12H2,1-7H3/t14-,15-/m0/s1. The van der Waals surface area contributed by atoms with Crippen LogP contribution in [0.25, 0.3) is 0 Å². The number of alkyl halides is 1. The quantitative estimate of drug-likeness (QED) is 0.721. The van der Waals surface area contributed by atoms with Gasteiger partial charge in [0.15, 0.2) is 0 Å². The predicted molar refractivity (Wildman–Crippen MR) is 104 cm³/mol. The molecule has 28 heavy (non-hydrogen) atoms. The van der Waals surface area contributed by atoms with Crippen LogP contribution < -0.4 is 5.46 Å². The summed E-state index contributed by atoms with van der Waals surface area (Å²) in [5.74, 6) is 0. The molecule has 0 radical (unpaired) electrons. The van der Waals surface area contributed by atoms with E-state index < -0.39 is 42.2 Å². The molecule has 2 fully saturated rings. The lowest BCUT2D eigenvalue weighted by Crippen LogP contribution is -2.47. The first-order valence-electron chi connectivity index (χ1n) is 9.81. The third-order valence-corrected chi connectivity index (χ3v) is 5.65. The highest BCUT2D eigenvalue weighted by molar-refractivity contribution is 6.62. The number of nitrogens with zero attached hydrogens (tertiary/aromatic N) is 3. The molecule has 0 saturated carbocycles. The predicted octanol–water partition coefficient (Wildman–Crippen LogP) is 2.70. The first-order valence-corrected chi connectivity index (χ1v) is 9.81. The molecule has 3 rings (SSSR count). The van der Waals surface area contributed by atoms with Gasteiger partial charge in [0.05, 0.1) is 23.8 Å². The van der Waals surface area contributed by atoms with Crippen LogP contribution in [0.3, 0.4) is 0 Å². The minimum absolute atomic E-state index is 0.00867. The van der Waals surface area contributed by atoms with Crippen molar-refractivity contribution >= 4 is 18.7 Å². The average Bonchev–Trinajstić information content (AvgIpc) is 3.08. The van der Waals surface area contributed by atoms with Crippen molar-refractivity contribution in [1.29, 1.82) is 0 Å². The van der Waals surface area contributed by atoms with Gasteiger partial charge in [-0.1, -0.05) is 0 Å². The van der Waals surface area contributed by atoms with Crippen molar-refractivity contribution in [2.24, 2.45) is 0 Å². The van der Waals surface area contributed by atoms with E-state index in [0.29, 0.717) is 13.0 Å². The van der Waals surface area contributed by atoms with E-state index in [9.17, 15) is 9.18 Å². The van der Waals surface area contributed by atoms with E-state index in [4.69, 9.17) is 14.0 Å². The summed E-state index contributed by atoms with van der Waals surface area (Å²) < 4.78 is 33.9. The molecular formula is C19H31BFN3O4. The third-order valence-electron chi connectivity index (χ3n) is 5.65. The second-order valence-electron chi connectivity index (χ2n) is 9.64. The van der Waals surface area contributed by atoms with Crippen LogP contribution in [0, 0.1) is 0 Å². The molecule has 9 heteroatoms. The summed E-state index contributed by atoms with van der Waals surface area (Å²) >= 11 is 0. The normalized spacial score (nSPS) is 27.1. The Morgan fingerprint density at radius 3 is 2.43 bits per heavy atom. The molecular weight excluding hydrogens is 364 g/mol. The number of carbonyl (C=O) groups excluding carboxylic acids is 1. The molecule has 0 spiro atoms. The van der Waals surface area contributed by atoms with Gasteiger partial charge < -0.3 is 18.9 Å². The number of hydrogen-bond acceptors (Lipinski definition) is 5. The number of hydrogen-bond donors (Lipinski definition) is 0. The minimum Gasteiger partial charge on any atom is -0.444 e. The van der Waals surface area contributed by atoms with Crippen molar-refractivity contribution in [1.82, 2.24) is 14.7 Å². The smallest absolute Gasteiger partial charge is 0.444 e. The van der Waals surface area contributed by atoms with E-state index in [2.05, 4.69) is 5.10 Å². The monoisotopic (exact) mass is 395 g/mol. The molecule has 1 aromatic heterocycles. The van der Waals surface area contributed by atoms with Crippen LogP contribution in [0.15, 0.2) is 12.4 Å². The first kappa shape index (κ1) is 21.1. The van der Waals surface area contributed by atoms with Crippen LogP contribution in [0.5, 0.6) is 0 Å². The Balaban J connectivity index is 1.64. The van der Waals surface area contributed by atoms with Crippen LogP contribution in [-0.2, 0) is 14.0 Å². The summed E-state index contributed by atoms with van der Waals surface area (Å²) in [6.07, 6.45) is 2.20.